The van der Waals surface area contributed by atoms with E-state index in [-0.39, 0.29) is 17.1 Å². The van der Waals surface area contributed by atoms with E-state index in [1.54, 1.807) is 0 Å². The van der Waals surface area contributed by atoms with Crippen molar-refractivity contribution < 1.29 is 9.59 Å². The number of rotatable bonds is 5. The molecule has 0 bridgehead atoms. The normalized spacial score (nSPS) is 19.8. The highest BCUT2D eigenvalue weighted by atomic mass is 16.2. The van der Waals surface area contributed by atoms with E-state index in [2.05, 4.69) is 79.7 Å². The molecular formula is C33H41N3O2. The van der Waals surface area contributed by atoms with E-state index in [9.17, 15) is 9.59 Å². The number of carbonyl (C=O) groups is 2. The van der Waals surface area contributed by atoms with Crippen LogP contribution in [0.5, 0.6) is 0 Å². The third-order valence-electron chi connectivity index (χ3n) is 9.76. The van der Waals surface area contributed by atoms with Gasteiger partial charge < -0.3 is 14.8 Å². The summed E-state index contributed by atoms with van der Waals surface area (Å²) in [6.07, 6.45) is 5.27. The van der Waals surface area contributed by atoms with Gasteiger partial charge >= 0.3 is 0 Å². The van der Waals surface area contributed by atoms with Gasteiger partial charge in [-0.15, -0.1) is 0 Å². The Hall–Kier alpha value is -3.08. The lowest BCUT2D eigenvalue weighted by Crippen LogP contribution is -2.51. The smallest absolute Gasteiger partial charge is 0.225 e. The molecule has 1 amide bonds. The SMILES string of the molecule is CCc1cc2c(cc1N1CCN(C(=O)C3CCC3)CC1)C(C)(C)c1[nH]c3cc(C(C)CC)ccc3c1C2=O. The predicted octanol–water partition coefficient (Wildman–Crippen LogP) is 6.56. The summed E-state index contributed by atoms with van der Waals surface area (Å²) in [6.45, 7) is 14.4. The lowest BCUT2D eigenvalue weighted by atomic mass is 9.70. The molecule has 2 heterocycles. The van der Waals surface area contributed by atoms with Crippen LogP contribution in [0.25, 0.3) is 10.9 Å². The minimum atomic E-state index is -0.322. The van der Waals surface area contributed by atoms with Gasteiger partial charge in [0.25, 0.3) is 0 Å². The molecule has 0 radical (unpaired) electrons. The van der Waals surface area contributed by atoms with Crippen molar-refractivity contribution in [2.45, 2.75) is 78.1 Å². The Bertz CT molecular complexity index is 1420. The minimum absolute atomic E-state index is 0.133. The summed E-state index contributed by atoms with van der Waals surface area (Å²) in [4.78, 5) is 35.0. The maximum absolute atomic E-state index is 14.0. The van der Waals surface area contributed by atoms with Crippen LogP contribution in [0.3, 0.4) is 0 Å². The van der Waals surface area contributed by atoms with Gasteiger partial charge in [0, 0.05) is 65.4 Å². The molecule has 2 fully saturated rings. The number of hydrogen-bond acceptors (Lipinski definition) is 3. The molecule has 1 atom stereocenters. The van der Waals surface area contributed by atoms with Crippen LogP contribution in [-0.2, 0) is 16.6 Å². The fourth-order valence-corrected chi connectivity index (χ4v) is 6.73. The molecule has 5 heteroatoms. The predicted molar refractivity (Wildman–Crippen MR) is 155 cm³/mol. The van der Waals surface area contributed by atoms with Crippen molar-refractivity contribution in [3.05, 3.63) is 63.8 Å². The third kappa shape index (κ3) is 3.80. The highest BCUT2D eigenvalue weighted by molar-refractivity contribution is 6.20. The van der Waals surface area contributed by atoms with Gasteiger partial charge in [-0.2, -0.15) is 0 Å². The molecular weight excluding hydrogens is 470 g/mol. The van der Waals surface area contributed by atoms with Gasteiger partial charge in [0.05, 0.1) is 5.56 Å². The number of nitrogens with zero attached hydrogens (tertiary/aromatic N) is 2. The first-order valence-electron chi connectivity index (χ1n) is 14.7. The number of benzene rings is 2. The van der Waals surface area contributed by atoms with E-state index < -0.39 is 0 Å². The molecule has 1 N–H and O–H groups in total. The molecule has 2 aliphatic carbocycles. The summed E-state index contributed by atoms with van der Waals surface area (Å²) in [5.74, 6) is 1.23. The van der Waals surface area contributed by atoms with Crippen molar-refractivity contribution >= 4 is 28.3 Å². The molecule has 3 aromatic rings. The Balaban J connectivity index is 1.36. The third-order valence-corrected chi connectivity index (χ3v) is 9.76. The van der Waals surface area contributed by atoms with Crippen LogP contribution < -0.4 is 4.90 Å². The molecule has 5 nitrogen and oxygen atoms in total. The van der Waals surface area contributed by atoms with Gasteiger partial charge in [0.15, 0.2) is 5.78 Å². The van der Waals surface area contributed by atoms with Gasteiger partial charge in [-0.3, -0.25) is 9.59 Å². The maximum Gasteiger partial charge on any atom is 0.225 e. The average Bonchev–Trinajstić information content (AvgIpc) is 3.30. The number of hydrogen-bond donors (Lipinski definition) is 1. The molecule has 6 rings (SSSR count). The van der Waals surface area contributed by atoms with Crippen molar-refractivity contribution in [1.29, 1.82) is 0 Å². The number of fused-ring (bicyclic) bond motifs is 4. The van der Waals surface area contributed by atoms with Gasteiger partial charge in [-0.1, -0.05) is 53.2 Å². The second-order valence-electron chi connectivity index (χ2n) is 12.3. The number of carbonyl (C=O) groups excluding carboxylic acids is 2. The highest BCUT2D eigenvalue weighted by Gasteiger charge is 2.41. The summed E-state index contributed by atoms with van der Waals surface area (Å²) in [7, 11) is 0. The monoisotopic (exact) mass is 511 g/mol. The Labute approximate surface area is 226 Å². The Kier molecular flexibility index (Phi) is 6.16. The summed E-state index contributed by atoms with van der Waals surface area (Å²) >= 11 is 0. The summed E-state index contributed by atoms with van der Waals surface area (Å²) < 4.78 is 0. The topological polar surface area (TPSA) is 56.4 Å². The van der Waals surface area contributed by atoms with Gasteiger partial charge in [-0.05, 0) is 66.5 Å². The lowest BCUT2D eigenvalue weighted by Gasteiger charge is -2.41. The molecule has 1 unspecified atom stereocenters. The Morgan fingerprint density at radius 1 is 1.08 bits per heavy atom. The summed E-state index contributed by atoms with van der Waals surface area (Å²) in [5, 5.41) is 1.03. The molecule has 2 aromatic carbocycles. The van der Waals surface area contributed by atoms with Crippen LogP contribution in [0.15, 0.2) is 30.3 Å². The second kappa shape index (κ2) is 9.29. The number of aryl methyl sites for hydroxylation is 1. The summed E-state index contributed by atoms with van der Waals surface area (Å²) in [6, 6.07) is 11.0. The number of amides is 1. The van der Waals surface area contributed by atoms with E-state index >= 15 is 0 Å². The van der Waals surface area contributed by atoms with E-state index in [1.165, 1.54) is 23.2 Å². The molecule has 1 aliphatic heterocycles. The molecule has 1 saturated carbocycles. The molecule has 1 saturated heterocycles. The molecule has 200 valence electrons. The van der Waals surface area contributed by atoms with Crippen molar-refractivity contribution in [1.82, 2.24) is 9.88 Å². The van der Waals surface area contributed by atoms with Crippen LogP contribution in [-0.4, -0.2) is 47.8 Å². The number of ketones is 1. The van der Waals surface area contributed by atoms with Crippen molar-refractivity contribution in [2.24, 2.45) is 5.92 Å². The van der Waals surface area contributed by atoms with Gasteiger partial charge in [0.2, 0.25) is 5.91 Å². The fourth-order valence-electron chi connectivity index (χ4n) is 6.73. The number of aromatic amines is 1. The average molecular weight is 512 g/mol. The second-order valence-corrected chi connectivity index (χ2v) is 12.3. The zero-order chi connectivity index (χ0) is 26.8. The number of aromatic nitrogens is 1. The first kappa shape index (κ1) is 25.2. The highest BCUT2D eigenvalue weighted by Crippen LogP contribution is 2.46. The number of H-pyrrole nitrogens is 1. The quantitative estimate of drug-likeness (QED) is 0.422. The van der Waals surface area contributed by atoms with Crippen LogP contribution in [0, 0.1) is 5.92 Å². The van der Waals surface area contributed by atoms with Crippen LogP contribution in [0.4, 0.5) is 5.69 Å². The number of anilines is 1. The lowest BCUT2D eigenvalue weighted by molar-refractivity contribution is -0.138. The van der Waals surface area contributed by atoms with Crippen molar-refractivity contribution in [2.75, 3.05) is 31.1 Å². The first-order chi connectivity index (χ1) is 18.2. The summed E-state index contributed by atoms with van der Waals surface area (Å²) in [5.41, 5.74) is 8.30. The molecule has 3 aliphatic rings. The molecule has 38 heavy (non-hydrogen) atoms. The van der Waals surface area contributed by atoms with Crippen molar-refractivity contribution in [3.8, 4) is 0 Å². The first-order valence-corrected chi connectivity index (χ1v) is 14.7. The standard InChI is InChI=1S/C33H41N3O2/c1-6-20(3)23-11-12-24-27(18-23)34-31-29(24)30(37)25-17-21(7-2)28(19-26(25)33(31,4)5)35-13-15-36(16-14-35)32(38)22-9-8-10-22/h11-12,17-20,22,34H,6-10,13-16H2,1-5H3. The van der Waals surface area contributed by atoms with E-state index in [4.69, 9.17) is 0 Å². The molecule has 0 spiro atoms. The zero-order valence-corrected chi connectivity index (χ0v) is 23.6. The number of piperazine rings is 1. The van der Waals surface area contributed by atoms with E-state index in [0.29, 0.717) is 11.8 Å². The van der Waals surface area contributed by atoms with Crippen LogP contribution >= 0.6 is 0 Å². The van der Waals surface area contributed by atoms with E-state index in [1.807, 2.05) is 0 Å². The minimum Gasteiger partial charge on any atom is -0.368 e. The maximum atomic E-state index is 14.0. The van der Waals surface area contributed by atoms with Crippen LogP contribution in [0.2, 0.25) is 0 Å². The molecule has 1 aromatic heterocycles. The van der Waals surface area contributed by atoms with Crippen molar-refractivity contribution in [3.63, 3.8) is 0 Å². The van der Waals surface area contributed by atoms with Crippen LogP contribution in [0.1, 0.15) is 105 Å². The largest absolute Gasteiger partial charge is 0.368 e. The van der Waals surface area contributed by atoms with Gasteiger partial charge in [-0.25, -0.2) is 0 Å². The fraction of sp³-hybridized carbons (Fsp3) is 0.515. The Morgan fingerprint density at radius 3 is 2.45 bits per heavy atom. The van der Waals surface area contributed by atoms with Gasteiger partial charge in [0.1, 0.15) is 0 Å². The van der Waals surface area contributed by atoms with E-state index in [0.717, 1.165) is 85.1 Å². The zero-order valence-electron chi connectivity index (χ0n) is 23.6. The number of nitrogens with one attached hydrogen (secondary N) is 1. The Morgan fingerprint density at radius 2 is 1.82 bits per heavy atom.